The Hall–Kier alpha value is -1.90. The molecule has 1 N–H and O–H groups in total. The highest BCUT2D eigenvalue weighted by Gasteiger charge is 2.10. The maximum Gasteiger partial charge on any atom is 0.167 e. The summed E-state index contributed by atoms with van der Waals surface area (Å²) in [5.41, 5.74) is 0.377. The Morgan fingerprint density at radius 3 is 2.60 bits per heavy atom. The summed E-state index contributed by atoms with van der Waals surface area (Å²) in [5, 5.41) is 9.93. The number of phenolic OH excluding ortho intramolecular Hbond substituents is 1. The molecule has 76 valence electrons. The molecule has 0 aromatic heterocycles. The van der Waals surface area contributed by atoms with Crippen LogP contribution in [0.2, 0.25) is 0 Å². The van der Waals surface area contributed by atoms with Gasteiger partial charge in [0.1, 0.15) is 5.75 Å². The molecule has 0 heterocycles. The number of hydrogen-bond acceptors (Lipinski definition) is 1. The molecule has 0 saturated carbocycles. The van der Waals surface area contributed by atoms with Gasteiger partial charge in [-0.05, 0) is 29.1 Å². The monoisotopic (exact) mass is 206 g/mol. The SMILES string of the molecule is C=Cc1cc(O)cc2ccc(F)c(F)c12. The number of phenols is 1. The van der Waals surface area contributed by atoms with E-state index < -0.39 is 11.6 Å². The minimum Gasteiger partial charge on any atom is -0.508 e. The van der Waals surface area contributed by atoms with E-state index in [1.54, 1.807) is 0 Å². The van der Waals surface area contributed by atoms with Gasteiger partial charge < -0.3 is 5.11 Å². The topological polar surface area (TPSA) is 20.2 Å². The molecule has 0 radical (unpaired) electrons. The molecular weight excluding hydrogens is 198 g/mol. The van der Waals surface area contributed by atoms with Crippen molar-refractivity contribution in [1.82, 2.24) is 0 Å². The van der Waals surface area contributed by atoms with Crippen molar-refractivity contribution in [2.45, 2.75) is 0 Å². The Kier molecular flexibility index (Phi) is 2.15. The largest absolute Gasteiger partial charge is 0.508 e. The quantitative estimate of drug-likeness (QED) is 0.757. The minimum atomic E-state index is -0.914. The van der Waals surface area contributed by atoms with Gasteiger partial charge in [0, 0.05) is 5.39 Å². The zero-order chi connectivity index (χ0) is 11.0. The summed E-state index contributed by atoms with van der Waals surface area (Å²) in [6.45, 7) is 3.49. The van der Waals surface area contributed by atoms with E-state index in [0.29, 0.717) is 10.9 Å². The second-order valence-corrected chi connectivity index (χ2v) is 3.20. The van der Waals surface area contributed by atoms with Gasteiger partial charge in [0.2, 0.25) is 0 Å². The van der Waals surface area contributed by atoms with Gasteiger partial charge in [0.05, 0.1) is 0 Å². The lowest BCUT2D eigenvalue weighted by atomic mass is 10.0. The smallest absolute Gasteiger partial charge is 0.167 e. The maximum absolute atomic E-state index is 13.5. The van der Waals surface area contributed by atoms with Crippen LogP contribution in [0, 0.1) is 11.6 Å². The Morgan fingerprint density at radius 1 is 1.20 bits per heavy atom. The first kappa shape index (κ1) is 9.65. The molecule has 2 aromatic carbocycles. The van der Waals surface area contributed by atoms with Crippen molar-refractivity contribution in [3.63, 3.8) is 0 Å². The standard InChI is InChI=1S/C12H8F2O/c1-2-7-5-9(15)6-8-3-4-10(13)12(14)11(7)8/h2-6,15H,1H2. The highest BCUT2D eigenvalue weighted by atomic mass is 19.2. The normalized spacial score (nSPS) is 10.5. The molecule has 3 heteroatoms. The molecule has 15 heavy (non-hydrogen) atoms. The van der Waals surface area contributed by atoms with Crippen LogP contribution in [-0.4, -0.2) is 5.11 Å². The minimum absolute atomic E-state index is 0.00316. The van der Waals surface area contributed by atoms with E-state index in [1.165, 1.54) is 24.3 Å². The second kappa shape index (κ2) is 3.35. The molecular formula is C12H8F2O. The summed E-state index contributed by atoms with van der Waals surface area (Å²) < 4.78 is 26.5. The van der Waals surface area contributed by atoms with Crippen molar-refractivity contribution in [3.8, 4) is 5.75 Å². The second-order valence-electron chi connectivity index (χ2n) is 3.20. The molecule has 0 fully saturated rings. The molecule has 0 aliphatic carbocycles. The Bertz CT molecular complexity index is 547. The van der Waals surface area contributed by atoms with Crippen LogP contribution in [0.1, 0.15) is 5.56 Å². The Labute approximate surface area is 85.3 Å². The molecule has 2 aromatic rings. The summed E-state index contributed by atoms with van der Waals surface area (Å²) in [5.74, 6) is -1.82. The molecule has 2 rings (SSSR count). The van der Waals surface area contributed by atoms with E-state index in [-0.39, 0.29) is 11.1 Å². The van der Waals surface area contributed by atoms with Crippen molar-refractivity contribution in [2.75, 3.05) is 0 Å². The first-order valence-corrected chi connectivity index (χ1v) is 4.36. The first-order valence-electron chi connectivity index (χ1n) is 4.36. The molecule has 0 unspecified atom stereocenters. The number of hydrogen-bond donors (Lipinski definition) is 1. The predicted molar refractivity (Wildman–Crippen MR) is 55.6 cm³/mol. The molecule has 0 amide bonds. The van der Waals surface area contributed by atoms with Gasteiger partial charge in [-0.1, -0.05) is 18.7 Å². The zero-order valence-corrected chi connectivity index (χ0v) is 7.80. The molecule has 0 aliphatic heterocycles. The van der Waals surface area contributed by atoms with E-state index in [4.69, 9.17) is 0 Å². The lowest BCUT2D eigenvalue weighted by Crippen LogP contribution is -1.89. The van der Waals surface area contributed by atoms with Crippen LogP contribution >= 0.6 is 0 Å². The fourth-order valence-corrected chi connectivity index (χ4v) is 1.57. The van der Waals surface area contributed by atoms with Crippen molar-refractivity contribution < 1.29 is 13.9 Å². The molecule has 0 atom stereocenters. The number of halogens is 2. The predicted octanol–water partition coefficient (Wildman–Crippen LogP) is 3.47. The third-order valence-corrected chi connectivity index (χ3v) is 2.24. The summed E-state index contributed by atoms with van der Waals surface area (Å²) >= 11 is 0. The van der Waals surface area contributed by atoms with Gasteiger partial charge in [-0.3, -0.25) is 0 Å². The van der Waals surface area contributed by atoms with Crippen LogP contribution in [0.4, 0.5) is 8.78 Å². The highest BCUT2D eigenvalue weighted by molar-refractivity contribution is 5.92. The maximum atomic E-state index is 13.5. The van der Waals surface area contributed by atoms with E-state index >= 15 is 0 Å². The van der Waals surface area contributed by atoms with Crippen LogP contribution in [-0.2, 0) is 0 Å². The van der Waals surface area contributed by atoms with Crippen molar-refractivity contribution in [2.24, 2.45) is 0 Å². The van der Waals surface area contributed by atoms with Gasteiger partial charge in [-0.25, -0.2) is 8.78 Å². The van der Waals surface area contributed by atoms with Crippen LogP contribution in [0.15, 0.2) is 30.8 Å². The van der Waals surface area contributed by atoms with Crippen LogP contribution in [0.5, 0.6) is 5.75 Å². The number of aromatic hydroxyl groups is 1. The van der Waals surface area contributed by atoms with Gasteiger partial charge >= 0.3 is 0 Å². The number of benzene rings is 2. The van der Waals surface area contributed by atoms with Crippen LogP contribution < -0.4 is 0 Å². The average molecular weight is 206 g/mol. The van der Waals surface area contributed by atoms with Gasteiger partial charge in [0.25, 0.3) is 0 Å². The van der Waals surface area contributed by atoms with Crippen LogP contribution in [0.25, 0.3) is 16.8 Å². The van der Waals surface area contributed by atoms with Gasteiger partial charge in [0.15, 0.2) is 11.6 Å². The lowest BCUT2D eigenvalue weighted by Gasteiger charge is -2.05. The fraction of sp³-hybridized carbons (Fsp3) is 0. The fourth-order valence-electron chi connectivity index (χ4n) is 1.57. The number of fused-ring (bicyclic) bond motifs is 1. The van der Waals surface area contributed by atoms with Crippen molar-refractivity contribution in [3.05, 3.63) is 48.0 Å². The van der Waals surface area contributed by atoms with Gasteiger partial charge in [-0.15, -0.1) is 0 Å². The van der Waals surface area contributed by atoms with Gasteiger partial charge in [-0.2, -0.15) is 0 Å². The molecule has 0 aliphatic rings. The summed E-state index contributed by atoms with van der Waals surface area (Å²) in [6, 6.07) is 5.17. The third-order valence-electron chi connectivity index (χ3n) is 2.24. The molecule has 1 nitrogen and oxygen atoms in total. The third kappa shape index (κ3) is 1.46. The molecule has 0 bridgehead atoms. The van der Waals surface area contributed by atoms with E-state index in [1.807, 2.05) is 0 Å². The first-order chi connectivity index (χ1) is 7.13. The summed E-state index contributed by atoms with van der Waals surface area (Å²) in [7, 11) is 0. The zero-order valence-electron chi connectivity index (χ0n) is 7.80. The lowest BCUT2D eigenvalue weighted by molar-refractivity contribution is 0.475. The van der Waals surface area contributed by atoms with Crippen molar-refractivity contribution in [1.29, 1.82) is 0 Å². The van der Waals surface area contributed by atoms with E-state index in [9.17, 15) is 13.9 Å². The van der Waals surface area contributed by atoms with E-state index in [2.05, 4.69) is 6.58 Å². The average Bonchev–Trinajstić information content (AvgIpc) is 2.22. The summed E-state index contributed by atoms with van der Waals surface area (Å²) in [6.07, 6.45) is 1.38. The van der Waals surface area contributed by atoms with Crippen molar-refractivity contribution >= 4 is 16.8 Å². The highest BCUT2D eigenvalue weighted by Crippen LogP contribution is 2.28. The van der Waals surface area contributed by atoms with E-state index in [0.717, 1.165) is 6.07 Å². The Morgan fingerprint density at radius 2 is 1.93 bits per heavy atom. The molecule has 0 saturated heterocycles. The number of rotatable bonds is 1. The van der Waals surface area contributed by atoms with Crippen LogP contribution in [0.3, 0.4) is 0 Å². The summed E-state index contributed by atoms with van der Waals surface area (Å²) in [4.78, 5) is 0. The Balaban J connectivity index is 2.97. The molecule has 0 spiro atoms.